The van der Waals surface area contributed by atoms with Gasteiger partial charge in [0.25, 0.3) is 0 Å². The van der Waals surface area contributed by atoms with Crippen molar-refractivity contribution in [2.75, 3.05) is 5.73 Å². The van der Waals surface area contributed by atoms with Crippen molar-refractivity contribution in [1.82, 2.24) is 9.78 Å². The van der Waals surface area contributed by atoms with Crippen LogP contribution >= 0.6 is 38.9 Å². The summed E-state index contributed by atoms with van der Waals surface area (Å²) in [5.74, 6) is 0.674. The van der Waals surface area contributed by atoms with Crippen molar-refractivity contribution < 1.29 is 0 Å². The average Bonchev–Trinajstić information content (AvgIpc) is 2.59. The summed E-state index contributed by atoms with van der Waals surface area (Å²) < 4.78 is 3.45. The summed E-state index contributed by atoms with van der Waals surface area (Å²) in [6.07, 6.45) is 0. The maximum atomic E-state index is 5.95. The first-order valence-corrected chi connectivity index (χ1v) is 6.28. The Balaban J connectivity index is 2.25. The number of nitrogens with two attached hydrogens (primary N) is 1. The number of aryl methyl sites for hydroxylation is 1. The maximum absolute atomic E-state index is 5.95. The van der Waals surface area contributed by atoms with Gasteiger partial charge in [0.2, 0.25) is 0 Å². The smallest absolute Gasteiger partial charge is 0.122 e. The third-order valence-electron chi connectivity index (χ3n) is 1.94. The lowest BCUT2D eigenvalue weighted by molar-refractivity contribution is 0.697. The normalized spacial score (nSPS) is 10.9. The number of hydrogen-bond acceptors (Lipinski definition) is 3. The predicted molar refractivity (Wildman–Crippen MR) is 67.5 cm³/mol. The second-order valence-electron chi connectivity index (χ2n) is 3.20. The molecule has 80 valence electrons. The van der Waals surface area contributed by atoms with Gasteiger partial charge in [0, 0.05) is 15.4 Å². The van der Waals surface area contributed by atoms with Crippen LogP contribution in [0.2, 0.25) is 4.34 Å². The fraction of sp³-hybridized carbons (Fsp3) is 0.222. The lowest BCUT2D eigenvalue weighted by Crippen LogP contribution is -2.04. The van der Waals surface area contributed by atoms with Crippen LogP contribution in [0.25, 0.3) is 0 Å². The highest BCUT2D eigenvalue weighted by atomic mass is 79.9. The highest BCUT2D eigenvalue weighted by Crippen LogP contribution is 2.32. The van der Waals surface area contributed by atoms with Crippen LogP contribution < -0.4 is 5.73 Å². The quantitative estimate of drug-likeness (QED) is 0.925. The number of nitrogen functional groups attached to an aromatic ring is 1. The summed E-state index contributed by atoms with van der Waals surface area (Å²) in [7, 11) is 0. The van der Waals surface area contributed by atoms with Crippen LogP contribution in [0.5, 0.6) is 0 Å². The Morgan fingerprint density at radius 1 is 1.60 bits per heavy atom. The van der Waals surface area contributed by atoms with Crippen molar-refractivity contribution >= 4 is 44.7 Å². The molecule has 0 fully saturated rings. The van der Waals surface area contributed by atoms with E-state index in [4.69, 9.17) is 17.3 Å². The summed E-state index contributed by atoms with van der Waals surface area (Å²) in [4.78, 5) is 1.13. The standard InChI is InChI=1S/C9H9BrClN3S/c1-5-2-8(12)14(13-5)4-6-3-7(10)9(11)15-6/h2-3H,4,12H2,1H3. The van der Waals surface area contributed by atoms with Crippen molar-refractivity contribution in [2.24, 2.45) is 0 Å². The minimum atomic E-state index is 0.662. The molecule has 0 unspecified atom stereocenters. The Labute approximate surface area is 105 Å². The van der Waals surface area contributed by atoms with Crippen LogP contribution in [0.3, 0.4) is 0 Å². The maximum Gasteiger partial charge on any atom is 0.122 e. The highest BCUT2D eigenvalue weighted by Gasteiger charge is 2.07. The third-order valence-corrected chi connectivity index (χ3v) is 4.39. The first-order valence-electron chi connectivity index (χ1n) is 4.30. The molecule has 0 spiro atoms. The number of nitrogens with zero attached hydrogens (tertiary/aromatic N) is 2. The second kappa shape index (κ2) is 4.15. The molecule has 0 aromatic carbocycles. The fourth-order valence-electron chi connectivity index (χ4n) is 1.31. The lowest BCUT2D eigenvalue weighted by Gasteiger charge is -2.00. The van der Waals surface area contributed by atoms with Crippen molar-refractivity contribution in [3.05, 3.63) is 31.5 Å². The molecular formula is C9H9BrClN3S. The zero-order valence-electron chi connectivity index (χ0n) is 8.00. The molecule has 0 aliphatic carbocycles. The molecule has 2 N–H and O–H groups in total. The Hall–Kier alpha value is -0.520. The zero-order chi connectivity index (χ0) is 11.0. The molecule has 2 aromatic rings. The molecule has 0 bridgehead atoms. The number of thiophene rings is 1. The molecular weight excluding hydrogens is 298 g/mol. The Morgan fingerprint density at radius 3 is 2.80 bits per heavy atom. The Bertz CT molecular complexity index is 472. The molecule has 15 heavy (non-hydrogen) atoms. The highest BCUT2D eigenvalue weighted by molar-refractivity contribution is 9.10. The molecule has 0 saturated heterocycles. The minimum Gasteiger partial charge on any atom is -0.384 e. The number of anilines is 1. The monoisotopic (exact) mass is 305 g/mol. The van der Waals surface area contributed by atoms with E-state index in [2.05, 4.69) is 21.0 Å². The van der Waals surface area contributed by atoms with Gasteiger partial charge in [0.15, 0.2) is 0 Å². The summed E-state index contributed by atoms with van der Waals surface area (Å²) in [6, 6.07) is 3.84. The summed E-state index contributed by atoms with van der Waals surface area (Å²) in [6.45, 7) is 2.58. The summed E-state index contributed by atoms with van der Waals surface area (Å²) >= 11 is 10.9. The van der Waals surface area contributed by atoms with Gasteiger partial charge in [-0.2, -0.15) is 5.10 Å². The molecule has 2 rings (SSSR count). The lowest BCUT2D eigenvalue weighted by atomic mass is 10.4. The van der Waals surface area contributed by atoms with Crippen molar-refractivity contribution in [3.8, 4) is 0 Å². The van der Waals surface area contributed by atoms with Gasteiger partial charge in [-0.15, -0.1) is 11.3 Å². The molecule has 0 atom stereocenters. The molecule has 0 saturated carbocycles. The summed E-state index contributed by atoms with van der Waals surface area (Å²) in [5, 5.41) is 4.28. The Morgan fingerprint density at radius 2 is 2.33 bits per heavy atom. The van der Waals surface area contributed by atoms with Crippen molar-refractivity contribution in [3.63, 3.8) is 0 Å². The van der Waals surface area contributed by atoms with Crippen LogP contribution in [0.4, 0.5) is 5.82 Å². The second-order valence-corrected chi connectivity index (χ2v) is 5.80. The van der Waals surface area contributed by atoms with Gasteiger partial charge in [-0.3, -0.25) is 0 Å². The van der Waals surface area contributed by atoms with Crippen molar-refractivity contribution in [1.29, 1.82) is 0 Å². The fourth-order valence-corrected chi connectivity index (χ4v) is 3.08. The SMILES string of the molecule is Cc1cc(N)n(Cc2cc(Br)c(Cl)s2)n1. The molecule has 0 radical (unpaired) electrons. The van der Waals surface area contributed by atoms with Gasteiger partial charge in [-0.1, -0.05) is 11.6 Å². The predicted octanol–water partition coefficient (Wildman–Crippen LogP) is 3.30. The van der Waals surface area contributed by atoms with Gasteiger partial charge >= 0.3 is 0 Å². The van der Waals surface area contributed by atoms with E-state index in [9.17, 15) is 0 Å². The molecule has 2 aromatic heterocycles. The van der Waals surface area contributed by atoms with Crippen LogP contribution in [0, 0.1) is 6.92 Å². The van der Waals surface area contributed by atoms with E-state index in [0.29, 0.717) is 12.4 Å². The largest absolute Gasteiger partial charge is 0.384 e. The third kappa shape index (κ3) is 2.35. The van der Waals surface area contributed by atoms with E-state index in [1.807, 2.05) is 19.1 Å². The van der Waals surface area contributed by atoms with Crippen LogP contribution in [-0.4, -0.2) is 9.78 Å². The minimum absolute atomic E-state index is 0.662. The van der Waals surface area contributed by atoms with Crippen LogP contribution in [0.15, 0.2) is 16.6 Å². The number of hydrogen-bond donors (Lipinski definition) is 1. The van der Waals surface area contributed by atoms with Gasteiger partial charge in [-0.25, -0.2) is 4.68 Å². The van der Waals surface area contributed by atoms with E-state index in [-0.39, 0.29) is 0 Å². The van der Waals surface area contributed by atoms with Gasteiger partial charge < -0.3 is 5.73 Å². The first-order chi connectivity index (χ1) is 7.06. The average molecular weight is 307 g/mol. The molecule has 0 aliphatic rings. The zero-order valence-corrected chi connectivity index (χ0v) is 11.2. The van der Waals surface area contributed by atoms with E-state index < -0.39 is 0 Å². The first kappa shape index (κ1) is 11.0. The number of rotatable bonds is 2. The van der Waals surface area contributed by atoms with Gasteiger partial charge in [-0.05, 0) is 28.9 Å². The van der Waals surface area contributed by atoms with E-state index in [0.717, 1.165) is 19.4 Å². The van der Waals surface area contributed by atoms with E-state index in [1.165, 1.54) is 11.3 Å². The summed E-state index contributed by atoms with van der Waals surface area (Å²) in [5.41, 5.74) is 6.72. The van der Waals surface area contributed by atoms with Gasteiger partial charge in [0.05, 0.1) is 12.2 Å². The number of halogens is 2. The van der Waals surface area contributed by atoms with Crippen LogP contribution in [-0.2, 0) is 6.54 Å². The molecule has 6 heteroatoms. The molecule has 3 nitrogen and oxygen atoms in total. The topological polar surface area (TPSA) is 43.8 Å². The van der Waals surface area contributed by atoms with E-state index in [1.54, 1.807) is 4.68 Å². The van der Waals surface area contributed by atoms with E-state index >= 15 is 0 Å². The number of aromatic nitrogens is 2. The molecule has 2 heterocycles. The molecule has 0 amide bonds. The van der Waals surface area contributed by atoms with Gasteiger partial charge in [0.1, 0.15) is 10.2 Å². The van der Waals surface area contributed by atoms with Crippen molar-refractivity contribution in [2.45, 2.75) is 13.5 Å². The van der Waals surface area contributed by atoms with Crippen LogP contribution in [0.1, 0.15) is 10.6 Å². The molecule has 0 aliphatic heterocycles. The Kier molecular flexibility index (Phi) is 3.04.